The number of rotatable bonds is 8. The van der Waals surface area contributed by atoms with Crippen molar-refractivity contribution in [2.24, 2.45) is 47.3 Å². The molecule has 28 heavy (non-hydrogen) atoms. The summed E-state index contributed by atoms with van der Waals surface area (Å²) in [6.45, 7) is 13.1. The van der Waals surface area contributed by atoms with Gasteiger partial charge in [0.1, 0.15) is 0 Å². The average molecular weight is 397 g/mol. The number of alkyl halides is 2. The molecule has 2 aliphatic rings. The van der Waals surface area contributed by atoms with E-state index in [-0.39, 0.29) is 0 Å². The Labute approximate surface area is 173 Å². The maximum absolute atomic E-state index is 13.6. The van der Waals surface area contributed by atoms with Crippen LogP contribution in [-0.2, 0) is 0 Å². The van der Waals surface area contributed by atoms with Crippen molar-refractivity contribution in [1.82, 2.24) is 0 Å². The molecule has 0 aromatic heterocycles. The molecule has 0 saturated heterocycles. The van der Waals surface area contributed by atoms with E-state index in [1.807, 2.05) is 0 Å². The molecule has 0 aromatic carbocycles. The van der Waals surface area contributed by atoms with Crippen LogP contribution >= 0.6 is 0 Å². The quantitative estimate of drug-likeness (QED) is 0.360. The van der Waals surface area contributed by atoms with Crippen LogP contribution in [0.25, 0.3) is 0 Å². The van der Waals surface area contributed by atoms with Gasteiger partial charge in [-0.1, -0.05) is 53.2 Å². The van der Waals surface area contributed by atoms with Gasteiger partial charge in [-0.2, -0.15) is 0 Å². The van der Waals surface area contributed by atoms with Crippen molar-refractivity contribution in [3.8, 4) is 0 Å². The number of hydrogen-bond donors (Lipinski definition) is 0. The highest BCUT2D eigenvalue weighted by Crippen LogP contribution is 2.48. The molecule has 2 aliphatic carbocycles. The molecule has 0 aromatic rings. The lowest BCUT2D eigenvalue weighted by Gasteiger charge is -2.45. The summed E-state index contributed by atoms with van der Waals surface area (Å²) in [5, 5.41) is 0. The molecular weight excluding hydrogens is 350 g/mol. The zero-order chi connectivity index (χ0) is 20.9. The second kappa shape index (κ2) is 10.6. The molecule has 0 N–H and O–H groups in total. The second-order valence-corrected chi connectivity index (χ2v) is 10.8. The smallest absolute Gasteiger partial charge is 0.207 e. The predicted molar refractivity (Wildman–Crippen MR) is 118 cm³/mol. The van der Waals surface area contributed by atoms with Crippen LogP contribution in [0.1, 0.15) is 99.3 Å². The van der Waals surface area contributed by atoms with Gasteiger partial charge in [0.15, 0.2) is 0 Å². The van der Waals surface area contributed by atoms with Gasteiger partial charge in [0.05, 0.1) is 0 Å². The van der Waals surface area contributed by atoms with Crippen LogP contribution in [0.5, 0.6) is 0 Å². The van der Waals surface area contributed by atoms with Gasteiger partial charge < -0.3 is 0 Å². The molecule has 0 aliphatic heterocycles. The van der Waals surface area contributed by atoms with E-state index in [2.05, 4.69) is 46.8 Å². The Morgan fingerprint density at radius 1 is 0.893 bits per heavy atom. The minimum atomic E-state index is -2.49. The Kier molecular flexibility index (Phi) is 9.02. The molecule has 2 saturated carbocycles. The topological polar surface area (TPSA) is 0 Å². The zero-order valence-corrected chi connectivity index (χ0v) is 19.4. The van der Waals surface area contributed by atoms with Gasteiger partial charge in [0, 0.05) is 5.92 Å². The number of hydrogen-bond acceptors (Lipinski definition) is 0. The van der Waals surface area contributed by atoms with E-state index in [1.165, 1.54) is 25.7 Å². The minimum Gasteiger partial charge on any atom is -0.207 e. The van der Waals surface area contributed by atoms with Crippen molar-refractivity contribution in [3.63, 3.8) is 0 Å². The molecular formula is C26H46F2. The van der Waals surface area contributed by atoms with E-state index in [4.69, 9.17) is 0 Å². The van der Waals surface area contributed by atoms with Crippen molar-refractivity contribution < 1.29 is 8.78 Å². The summed E-state index contributed by atoms with van der Waals surface area (Å²) < 4.78 is 27.1. The van der Waals surface area contributed by atoms with Crippen molar-refractivity contribution in [2.75, 3.05) is 0 Å². The lowest BCUT2D eigenvalue weighted by molar-refractivity contribution is -0.0576. The lowest BCUT2D eigenvalue weighted by Crippen LogP contribution is -2.38. The summed E-state index contributed by atoms with van der Waals surface area (Å²) in [5.74, 6) is 2.42. The largest absolute Gasteiger partial charge is 0.248 e. The van der Waals surface area contributed by atoms with Crippen LogP contribution < -0.4 is 0 Å². The second-order valence-electron chi connectivity index (χ2n) is 10.8. The van der Waals surface area contributed by atoms with Crippen LogP contribution in [0.4, 0.5) is 8.78 Å². The first-order valence-electron chi connectivity index (χ1n) is 12.2. The first kappa shape index (κ1) is 23.9. The third kappa shape index (κ3) is 6.30. The summed E-state index contributed by atoms with van der Waals surface area (Å²) in [5.41, 5.74) is 0. The van der Waals surface area contributed by atoms with E-state index < -0.39 is 11.8 Å². The van der Waals surface area contributed by atoms with E-state index in [1.54, 1.807) is 0 Å². The molecule has 2 rings (SSSR count). The van der Waals surface area contributed by atoms with Gasteiger partial charge in [-0.05, 0) is 99.7 Å². The molecule has 2 fully saturated rings. The maximum Gasteiger partial charge on any atom is 0.248 e. The summed E-state index contributed by atoms with van der Waals surface area (Å²) in [7, 11) is 0. The summed E-state index contributed by atoms with van der Waals surface area (Å²) in [6, 6.07) is 0. The average Bonchev–Trinajstić information content (AvgIpc) is 2.62. The van der Waals surface area contributed by atoms with Crippen LogP contribution in [0.3, 0.4) is 0 Å². The van der Waals surface area contributed by atoms with Crippen LogP contribution in [0, 0.1) is 47.3 Å². The SMILES string of the molecule is CCCC1C(/C=C\CC2CCC(C(C)(F)F)CC2)C(C(C)C)CCC1C(C)C. The third-order valence-electron chi connectivity index (χ3n) is 8.10. The molecule has 0 spiro atoms. The fraction of sp³-hybridized carbons (Fsp3) is 0.923. The van der Waals surface area contributed by atoms with Crippen molar-refractivity contribution >= 4 is 0 Å². The zero-order valence-electron chi connectivity index (χ0n) is 19.4. The molecule has 4 atom stereocenters. The molecule has 164 valence electrons. The van der Waals surface area contributed by atoms with Gasteiger partial charge in [-0.3, -0.25) is 0 Å². The molecule has 0 amide bonds. The van der Waals surface area contributed by atoms with E-state index >= 15 is 0 Å². The van der Waals surface area contributed by atoms with Gasteiger partial charge in [-0.15, -0.1) is 0 Å². The Morgan fingerprint density at radius 2 is 1.46 bits per heavy atom. The standard InChI is InChI=1S/C26H46F2/c1-7-9-24-22(18(2)3)16-17-23(19(4)5)25(24)11-8-10-20-12-14-21(15-13-20)26(6,27)28/h8,11,18-25H,7,9-10,12-17H2,1-6H3/b11-8-. The van der Waals surface area contributed by atoms with Crippen LogP contribution in [-0.4, -0.2) is 5.92 Å². The molecule has 4 unspecified atom stereocenters. The van der Waals surface area contributed by atoms with Gasteiger partial charge in [0.2, 0.25) is 5.92 Å². The van der Waals surface area contributed by atoms with E-state index in [0.717, 1.165) is 55.8 Å². The van der Waals surface area contributed by atoms with Crippen molar-refractivity contribution in [1.29, 1.82) is 0 Å². The highest BCUT2D eigenvalue weighted by atomic mass is 19.3. The Balaban J connectivity index is 2.00. The van der Waals surface area contributed by atoms with Crippen molar-refractivity contribution in [2.45, 2.75) is 105 Å². The fourth-order valence-electron chi connectivity index (χ4n) is 6.36. The maximum atomic E-state index is 13.6. The number of allylic oxidation sites excluding steroid dienone is 2. The molecule has 0 bridgehead atoms. The first-order chi connectivity index (χ1) is 13.1. The third-order valence-corrected chi connectivity index (χ3v) is 8.10. The summed E-state index contributed by atoms with van der Waals surface area (Å²) in [6.07, 6.45) is 14.8. The Bertz CT molecular complexity index is 465. The van der Waals surface area contributed by atoms with E-state index in [9.17, 15) is 8.78 Å². The summed E-state index contributed by atoms with van der Waals surface area (Å²) in [4.78, 5) is 0. The predicted octanol–water partition coefficient (Wildman–Crippen LogP) is 8.77. The van der Waals surface area contributed by atoms with Gasteiger partial charge >= 0.3 is 0 Å². The van der Waals surface area contributed by atoms with Gasteiger partial charge in [0.25, 0.3) is 0 Å². The minimum absolute atomic E-state index is 0.392. The summed E-state index contributed by atoms with van der Waals surface area (Å²) >= 11 is 0. The monoisotopic (exact) mass is 396 g/mol. The van der Waals surface area contributed by atoms with E-state index in [0.29, 0.717) is 24.7 Å². The molecule has 2 heteroatoms. The van der Waals surface area contributed by atoms with Gasteiger partial charge in [-0.25, -0.2) is 8.78 Å². The Hall–Kier alpha value is -0.400. The molecule has 0 heterocycles. The lowest BCUT2D eigenvalue weighted by atomic mass is 9.59. The Morgan fingerprint density at radius 3 is 1.96 bits per heavy atom. The molecule has 0 nitrogen and oxygen atoms in total. The van der Waals surface area contributed by atoms with Crippen LogP contribution in [0.15, 0.2) is 12.2 Å². The molecule has 0 radical (unpaired) electrons. The highest BCUT2D eigenvalue weighted by Gasteiger charge is 2.40. The first-order valence-corrected chi connectivity index (χ1v) is 12.2. The number of halogens is 2. The highest BCUT2D eigenvalue weighted by molar-refractivity contribution is 5.01. The van der Waals surface area contributed by atoms with Crippen LogP contribution in [0.2, 0.25) is 0 Å². The van der Waals surface area contributed by atoms with Crippen molar-refractivity contribution in [3.05, 3.63) is 12.2 Å². The normalized spacial score (nSPS) is 35.2. The fourth-order valence-corrected chi connectivity index (χ4v) is 6.36.